The second kappa shape index (κ2) is 4.51. The number of hydrogen-bond donors (Lipinski definition) is 1. The molecule has 1 aliphatic heterocycles. The van der Waals surface area contributed by atoms with Crippen LogP contribution in [0, 0.1) is 0 Å². The Balaban J connectivity index is 2.49. The molecule has 1 aromatic rings. The van der Waals surface area contributed by atoms with Crippen molar-refractivity contribution in [1.82, 2.24) is 9.29 Å². The predicted octanol–water partition coefficient (Wildman–Crippen LogP) is 1.69. The molecule has 0 aliphatic carbocycles. The first-order valence-electron chi connectivity index (χ1n) is 6.05. The molecule has 0 amide bonds. The Labute approximate surface area is 108 Å². The summed E-state index contributed by atoms with van der Waals surface area (Å²) >= 11 is 0. The highest BCUT2D eigenvalue weighted by Crippen LogP contribution is 2.35. The van der Waals surface area contributed by atoms with E-state index in [2.05, 4.69) is 10.3 Å². The highest BCUT2D eigenvalue weighted by Gasteiger charge is 2.41. The van der Waals surface area contributed by atoms with Crippen LogP contribution in [0.1, 0.15) is 26.7 Å². The molecule has 6 heteroatoms. The second-order valence-corrected chi connectivity index (χ2v) is 6.92. The van der Waals surface area contributed by atoms with Crippen LogP contribution in [0.15, 0.2) is 23.2 Å². The van der Waals surface area contributed by atoms with Crippen molar-refractivity contribution in [1.29, 1.82) is 0 Å². The molecular formula is C12H19N3O2S. The molecule has 100 valence electrons. The SMILES string of the molecule is CNc1ncccc1S(=O)(=O)N1CCCC1(C)C. The Morgan fingerprint density at radius 3 is 2.72 bits per heavy atom. The maximum absolute atomic E-state index is 12.7. The van der Waals surface area contributed by atoms with Crippen molar-refractivity contribution in [2.24, 2.45) is 0 Å². The lowest BCUT2D eigenvalue weighted by Gasteiger charge is -2.30. The molecule has 0 bridgehead atoms. The minimum atomic E-state index is -3.48. The van der Waals surface area contributed by atoms with Crippen LogP contribution in [-0.4, -0.2) is 36.8 Å². The Bertz CT molecular complexity index is 540. The van der Waals surface area contributed by atoms with E-state index in [0.717, 1.165) is 12.8 Å². The zero-order chi connectivity index (χ0) is 13.4. The number of sulfonamides is 1. The summed E-state index contributed by atoms with van der Waals surface area (Å²) in [6.07, 6.45) is 3.38. The van der Waals surface area contributed by atoms with E-state index in [1.165, 1.54) is 0 Å². The summed E-state index contributed by atoms with van der Waals surface area (Å²) in [5, 5.41) is 2.84. The molecule has 0 radical (unpaired) electrons. The summed E-state index contributed by atoms with van der Waals surface area (Å²) < 4.78 is 26.9. The summed E-state index contributed by atoms with van der Waals surface area (Å²) in [5.41, 5.74) is -0.320. The first-order chi connectivity index (χ1) is 8.39. The van der Waals surface area contributed by atoms with E-state index in [9.17, 15) is 8.42 Å². The molecular weight excluding hydrogens is 250 g/mol. The topological polar surface area (TPSA) is 62.3 Å². The molecule has 0 saturated carbocycles. The number of hydrogen-bond acceptors (Lipinski definition) is 4. The van der Waals surface area contributed by atoms with Gasteiger partial charge in [0.25, 0.3) is 0 Å². The minimum absolute atomic E-state index is 0.252. The van der Waals surface area contributed by atoms with E-state index in [-0.39, 0.29) is 10.4 Å². The standard InChI is InChI=1S/C12H19N3O2S/c1-12(2)7-5-9-15(12)18(16,17)10-6-4-8-14-11(10)13-3/h4,6,8H,5,7,9H2,1-3H3,(H,13,14). The van der Waals surface area contributed by atoms with Gasteiger partial charge in [0.05, 0.1) is 0 Å². The van der Waals surface area contributed by atoms with Gasteiger partial charge in [0, 0.05) is 25.3 Å². The first-order valence-corrected chi connectivity index (χ1v) is 7.49. The molecule has 1 aliphatic rings. The van der Waals surface area contributed by atoms with Gasteiger partial charge in [-0.2, -0.15) is 4.31 Å². The molecule has 1 saturated heterocycles. The van der Waals surface area contributed by atoms with Crippen LogP contribution in [0.2, 0.25) is 0 Å². The van der Waals surface area contributed by atoms with E-state index in [0.29, 0.717) is 12.4 Å². The maximum Gasteiger partial charge on any atom is 0.247 e. The largest absolute Gasteiger partial charge is 0.372 e. The molecule has 1 N–H and O–H groups in total. The molecule has 0 atom stereocenters. The van der Waals surface area contributed by atoms with Gasteiger partial charge in [-0.25, -0.2) is 13.4 Å². The van der Waals surface area contributed by atoms with E-state index in [4.69, 9.17) is 0 Å². The fourth-order valence-electron chi connectivity index (χ4n) is 2.43. The molecule has 2 rings (SSSR count). The number of anilines is 1. The van der Waals surface area contributed by atoms with Crippen LogP contribution in [0.4, 0.5) is 5.82 Å². The Morgan fingerprint density at radius 2 is 2.17 bits per heavy atom. The van der Waals surface area contributed by atoms with E-state index >= 15 is 0 Å². The van der Waals surface area contributed by atoms with Crippen LogP contribution < -0.4 is 5.32 Å². The maximum atomic E-state index is 12.7. The third-order valence-corrected chi connectivity index (χ3v) is 5.54. The van der Waals surface area contributed by atoms with Crippen molar-refractivity contribution in [3.05, 3.63) is 18.3 Å². The van der Waals surface area contributed by atoms with Crippen LogP contribution >= 0.6 is 0 Å². The van der Waals surface area contributed by atoms with Crippen molar-refractivity contribution in [2.75, 3.05) is 18.9 Å². The van der Waals surface area contributed by atoms with Crippen LogP contribution in [0.25, 0.3) is 0 Å². The number of aromatic nitrogens is 1. The number of nitrogens with one attached hydrogen (secondary N) is 1. The zero-order valence-electron chi connectivity index (χ0n) is 11.0. The van der Waals surface area contributed by atoms with Gasteiger partial charge in [-0.3, -0.25) is 0 Å². The van der Waals surface area contributed by atoms with Crippen molar-refractivity contribution in [2.45, 2.75) is 37.1 Å². The molecule has 2 heterocycles. The van der Waals surface area contributed by atoms with Crippen molar-refractivity contribution in [3.63, 3.8) is 0 Å². The van der Waals surface area contributed by atoms with Gasteiger partial charge >= 0.3 is 0 Å². The van der Waals surface area contributed by atoms with E-state index in [1.54, 1.807) is 29.7 Å². The summed E-state index contributed by atoms with van der Waals surface area (Å²) in [6, 6.07) is 3.25. The molecule has 0 unspecified atom stereocenters. The summed E-state index contributed by atoms with van der Waals surface area (Å²) in [4.78, 5) is 4.32. The highest BCUT2D eigenvalue weighted by molar-refractivity contribution is 7.89. The van der Waals surface area contributed by atoms with Crippen LogP contribution in [-0.2, 0) is 10.0 Å². The van der Waals surface area contributed by atoms with Gasteiger partial charge in [0.15, 0.2) is 0 Å². The third-order valence-electron chi connectivity index (χ3n) is 3.40. The number of pyridine rings is 1. The second-order valence-electron chi connectivity index (χ2n) is 5.09. The average Bonchev–Trinajstić information content (AvgIpc) is 2.69. The monoisotopic (exact) mass is 269 g/mol. The number of nitrogens with zero attached hydrogens (tertiary/aromatic N) is 2. The Hall–Kier alpha value is -1.14. The van der Waals surface area contributed by atoms with Gasteiger partial charge in [0.1, 0.15) is 10.7 Å². The molecule has 5 nitrogen and oxygen atoms in total. The molecule has 1 aromatic heterocycles. The summed E-state index contributed by atoms with van der Waals surface area (Å²) in [5.74, 6) is 0.403. The van der Waals surface area contributed by atoms with E-state index < -0.39 is 10.0 Å². The lowest BCUT2D eigenvalue weighted by Crippen LogP contribution is -2.42. The number of rotatable bonds is 3. The molecule has 0 spiro atoms. The smallest absolute Gasteiger partial charge is 0.247 e. The summed E-state index contributed by atoms with van der Waals surface area (Å²) in [6.45, 7) is 4.51. The molecule has 1 fully saturated rings. The van der Waals surface area contributed by atoms with Gasteiger partial charge in [-0.05, 0) is 38.8 Å². The van der Waals surface area contributed by atoms with Gasteiger partial charge in [-0.1, -0.05) is 0 Å². The van der Waals surface area contributed by atoms with Crippen LogP contribution in [0.5, 0.6) is 0 Å². The molecule has 0 aromatic carbocycles. The predicted molar refractivity (Wildman–Crippen MR) is 71.0 cm³/mol. The lowest BCUT2D eigenvalue weighted by molar-refractivity contribution is 0.292. The van der Waals surface area contributed by atoms with Crippen LogP contribution in [0.3, 0.4) is 0 Å². The Kier molecular flexibility index (Phi) is 3.33. The quantitative estimate of drug-likeness (QED) is 0.907. The average molecular weight is 269 g/mol. The normalized spacial score (nSPS) is 19.9. The van der Waals surface area contributed by atoms with Crippen molar-refractivity contribution < 1.29 is 8.42 Å². The lowest BCUT2D eigenvalue weighted by atomic mass is 10.0. The van der Waals surface area contributed by atoms with Gasteiger partial charge in [-0.15, -0.1) is 0 Å². The fraction of sp³-hybridized carbons (Fsp3) is 0.583. The minimum Gasteiger partial charge on any atom is -0.372 e. The first kappa shape index (κ1) is 13.3. The van der Waals surface area contributed by atoms with Crippen molar-refractivity contribution >= 4 is 15.8 Å². The van der Waals surface area contributed by atoms with E-state index in [1.807, 2.05) is 13.8 Å². The summed E-state index contributed by atoms with van der Waals surface area (Å²) in [7, 11) is -1.80. The third kappa shape index (κ3) is 2.10. The zero-order valence-corrected chi connectivity index (χ0v) is 11.8. The van der Waals surface area contributed by atoms with Crippen molar-refractivity contribution in [3.8, 4) is 0 Å². The van der Waals surface area contributed by atoms with Gasteiger partial charge in [0.2, 0.25) is 10.0 Å². The molecule has 18 heavy (non-hydrogen) atoms. The fourth-order valence-corrected chi connectivity index (χ4v) is 4.43. The highest BCUT2D eigenvalue weighted by atomic mass is 32.2. The van der Waals surface area contributed by atoms with Gasteiger partial charge < -0.3 is 5.32 Å². The Morgan fingerprint density at radius 1 is 1.44 bits per heavy atom.